The Morgan fingerprint density at radius 1 is 1.08 bits per heavy atom. The summed E-state index contributed by atoms with van der Waals surface area (Å²) in [6, 6.07) is 11.3. The van der Waals surface area contributed by atoms with E-state index in [1.807, 2.05) is 48.0 Å². The summed E-state index contributed by atoms with van der Waals surface area (Å²) in [6.07, 6.45) is 3.64. The number of rotatable bonds is 7. The molecule has 12 heteroatoms. The summed E-state index contributed by atoms with van der Waals surface area (Å²) in [7, 11) is 5.58. The minimum atomic E-state index is -0.368. The third-order valence-electron chi connectivity index (χ3n) is 6.48. The van der Waals surface area contributed by atoms with Crippen LogP contribution in [0, 0.1) is 10.1 Å². The number of aryl methyl sites for hydroxylation is 1. The molecule has 37 heavy (non-hydrogen) atoms. The van der Waals surface area contributed by atoms with Crippen molar-refractivity contribution < 1.29 is 9.66 Å². The average Bonchev–Trinajstić information content (AvgIpc) is 3.26. The molecule has 192 valence electrons. The molecule has 2 aromatic heterocycles. The number of benzene rings is 2. The summed E-state index contributed by atoms with van der Waals surface area (Å²) in [6.45, 7) is 3.07. The Morgan fingerprint density at radius 3 is 2.59 bits per heavy atom. The lowest BCUT2D eigenvalue weighted by Crippen LogP contribution is -2.44. The molecule has 0 unspecified atom stereocenters. The van der Waals surface area contributed by atoms with Crippen LogP contribution >= 0.6 is 15.9 Å². The topological polar surface area (TPSA) is 114 Å². The summed E-state index contributed by atoms with van der Waals surface area (Å²) in [5, 5.41) is 19.5. The largest absolute Gasteiger partial charge is 0.494 e. The zero-order chi connectivity index (χ0) is 26.1. The number of halogens is 1. The highest BCUT2D eigenvalue weighted by Gasteiger charge is 2.26. The Bertz CT molecular complexity index is 1470. The second kappa shape index (κ2) is 10.2. The van der Waals surface area contributed by atoms with E-state index in [1.54, 1.807) is 12.3 Å². The number of methoxy groups -OCH3 is 1. The maximum atomic E-state index is 12.0. The van der Waals surface area contributed by atoms with E-state index in [4.69, 9.17) is 4.74 Å². The molecule has 1 saturated heterocycles. The van der Waals surface area contributed by atoms with Crippen LogP contribution in [-0.2, 0) is 7.05 Å². The van der Waals surface area contributed by atoms with Gasteiger partial charge in [0.05, 0.1) is 22.2 Å². The third-order valence-corrected chi connectivity index (χ3v) is 7.06. The number of anilines is 5. The maximum absolute atomic E-state index is 12.0. The molecule has 0 saturated carbocycles. The third kappa shape index (κ3) is 5.16. The van der Waals surface area contributed by atoms with Crippen molar-refractivity contribution >= 4 is 61.3 Å². The lowest BCUT2D eigenvalue weighted by atomic mass is 10.1. The first-order valence-electron chi connectivity index (χ1n) is 11.7. The second-order valence-corrected chi connectivity index (χ2v) is 9.78. The average molecular weight is 567 g/mol. The zero-order valence-corrected chi connectivity index (χ0v) is 22.3. The summed E-state index contributed by atoms with van der Waals surface area (Å²) < 4.78 is 8.32. The fourth-order valence-corrected chi connectivity index (χ4v) is 4.67. The number of hydrogen-bond donors (Lipinski definition) is 2. The van der Waals surface area contributed by atoms with Crippen molar-refractivity contribution in [1.82, 2.24) is 19.4 Å². The molecule has 1 aliphatic heterocycles. The van der Waals surface area contributed by atoms with Crippen molar-refractivity contribution in [3.8, 4) is 5.75 Å². The summed E-state index contributed by atoms with van der Waals surface area (Å²) in [5.41, 5.74) is 2.90. The Morgan fingerprint density at radius 2 is 1.86 bits per heavy atom. The maximum Gasteiger partial charge on any atom is 0.294 e. The van der Waals surface area contributed by atoms with E-state index in [1.165, 1.54) is 13.2 Å². The van der Waals surface area contributed by atoms with Gasteiger partial charge in [-0.1, -0.05) is 6.07 Å². The van der Waals surface area contributed by atoms with Gasteiger partial charge in [0.15, 0.2) is 0 Å². The highest BCUT2D eigenvalue weighted by Crippen LogP contribution is 2.40. The van der Waals surface area contributed by atoms with Gasteiger partial charge in [0, 0.05) is 69.0 Å². The first-order chi connectivity index (χ1) is 17.8. The molecular weight excluding hydrogens is 540 g/mol. The molecule has 1 aliphatic rings. The quantitative estimate of drug-likeness (QED) is 0.238. The smallest absolute Gasteiger partial charge is 0.294 e. The van der Waals surface area contributed by atoms with Gasteiger partial charge in [0.1, 0.15) is 17.3 Å². The van der Waals surface area contributed by atoms with Gasteiger partial charge < -0.3 is 29.7 Å². The lowest BCUT2D eigenvalue weighted by Gasteiger charge is -2.34. The van der Waals surface area contributed by atoms with Gasteiger partial charge in [0.2, 0.25) is 5.95 Å². The number of nitrogens with zero attached hydrogens (tertiary/aromatic N) is 6. The van der Waals surface area contributed by atoms with Gasteiger partial charge in [-0.2, -0.15) is 4.98 Å². The number of piperazine rings is 1. The fraction of sp³-hybridized carbons (Fsp3) is 0.280. The van der Waals surface area contributed by atoms with Crippen LogP contribution in [0.5, 0.6) is 5.75 Å². The zero-order valence-electron chi connectivity index (χ0n) is 20.7. The number of aromatic nitrogens is 3. The molecule has 2 N–H and O–H groups in total. The van der Waals surface area contributed by atoms with Gasteiger partial charge >= 0.3 is 0 Å². The number of nitro benzene ring substituents is 1. The molecular formula is C25H27BrN8O3. The first-order valence-corrected chi connectivity index (χ1v) is 12.5. The predicted molar refractivity (Wildman–Crippen MR) is 149 cm³/mol. The van der Waals surface area contributed by atoms with Crippen LogP contribution in [0.25, 0.3) is 10.9 Å². The molecule has 3 heterocycles. The molecule has 2 aromatic carbocycles. The van der Waals surface area contributed by atoms with E-state index in [2.05, 4.69) is 47.5 Å². The Labute approximate surface area is 222 Å². The Balaban J connectivity index is 1.44. The molecule has 0 spiro atoms. The number of nitro groups is 1. The molecule has 4 aromatic rings. The van der Waals surface area contributed by atoms with E-state index in [0.29, 0.717) is 40.5 Å². The van der Waals surface area contributed by atoms with Gasteiger partial charge in [-0.25, -0.2) is 4.98 Å². The molecule has 0 amide bonds. The normalized spacial score (nSPS) is 14.1. The van der Waals surface area contributed by atoms with Crippen molar-refractivity contribution in [2.75, 3.05) is 55.9 Å². The van der Waals surface area contributed by atoms with E-state index in [-0.39, 0.29) is 16.6 Å². The molecule has 0 atom stereocenters. The van der Waals surface area contributed by atoms with E-state index in [9.17, 15) is 10.1 Å². The van der Waals surface area contributed by atoms with Crippen LogP contribution < -0.4 is 20.3 Å². The van der Waals surface area contributed by atoms with Crippen molar-refractivity contribution in [3.05, 3.63) is 63.4 Å². The van der Waals surface area contributed by atoms with Crippen LogP contribution in [0.15, 0.2) is 53.3 Å². The van der Waals surface area contributed by atoms with Crippen LogP contribution in [-0.4, -0.2) is 64.7 Å². The van der Waals surface area contributed by atoms with Crippen molar-refractivity contribution in [1.29, 1.82) is 0 Å². The molecule has 0 radical (unpaired) electrons. The number of ether oxygens (including phenoxy) is 1. The minimum absolute atomic E-state index is 0.000756. The molecule has 5 rings (SSSR count). The van der Waals surface area contributed by atoms with Gasteiger partial charge in [-0.15, -0.1) is 0 Å². The van der Waals surface area contributed by atoms with E-state index >= 15 is 0 Å². The number of nitrogens with one attached hydrogen (secondary N) is 2. The van der Waals surface area contributed by atoms with Crippen molar-refractivity contribution in [2.45, 2.75) is 0 Å². The van der Waals surface area contributed by atoms with Crippen molar-refractivity contribution in [3.63, 3.8) is 0 Å². The number of likely N-dealkylation sites (N-methyl/N-ethyl adjacent to an activating group) is 1. The van der Waals surface area contributed by atoms with E-state index in [0.717, 1.165) is 29.7 Å². The van der Waals surface area contributed by atoms with Crippen LogP contribution in [0.3, 0.4) is 0 Å². The molecule has 1 fully saturated rings. The number of fused-ring (bicyclic) bond motifs is 1. The van der Waals surface area contributed by atoms with Gasteiger partial charge in [0.25, 0.3) is 5.69 Å². The monoisotopic (exact) mass is 566 g/mol. The summed E-state index contributed by atoms with van der Waals surface area (Å²) in [4.78, 5) is 24.8. The van der Waals surface area contributed by atoms with Gasteiger partial charge in [-0.05, 0) is 46.6 Å². The van der Waals surface area contributed by atoms with Crippen molar-refractivity contribution in [2.24, 2.45) is 7.05 Å². The first kappa shape index (κ1) is 24.8. The second-order valence-electron chi connectivity index (χ2n) is 8.93. The summed E-state index contributed by atoms with van der Waals surface area (Å²) in [5.74, 6) is 1.29. The summed E-state index contributed by atoms with van der Waals surface area (Å²) >= 11 is 3.50. The number of hydrogen-bond acceptors (Lipinski definition) is 9. The molecule has 11 nitrogen and oxygen atoms in total. The Hall–Kier alpha value is -3.90. The minimum Gasteiger partial charge on any atom is -0.494 e. The van der Waals surface area contributed by atoms with Gasteiger partial charge in [-0.3, -0.25) is 10.1 Å². The molecule has 0 aliphatic carbocycles. The van der Waals surface area contributed by atoms with Crippen LogP contribution in [0.2, 0.25) is 0 Å². The Kier molecular flexibility index (Phi) is 6.85. The SMILES string of the molecule is COc1cc(N2CCN(C)CC2)c([N+](=O)[O-])cc1Nc1ncc(Br)c(Nc2ccc3ccn(C)c3c2)n1. The highest BCUT2D eigenvalue weighted by atomic mass is 79.9. The lowest BCUT2D eigenvalue weighted by molar-refractivity contribution is -0.384. The highest BCUT2D eigenvalue weighted by molar-refractivity contribution is 9.10. The van der Waals surface area contributed by atoms with Crippen LogP contribution in [0.4, 0.5) is 34.5 Å². The van der Waals surface area contributed by atoms with E-state index < -0.39 is 0 Å². The molecule has 0 bridgehead atoms. The fourth-order valence-electron chi connectivity index (χ4n) is 4.38. The van der Waals surface area contributed by atoms with Crippen LogP contribution in [0.1, 0.15) is 0 Å². The predicted octanol–water partition coefficient (Wildman–Crippen LogP) is 4.89. The standard InChI is InChI=1S/C25H27BrN8O3/c1-31-8-10-33(11-9-31)21-14-23(37-3)19(13-22(21)34(35)36)29-25-27-15-18(26)24(30-25)28-17-5-4-16-6-7-32(2)20(16)12-17/h4-7,12-15H,8-11H2,1-3H3,(H2,27,28,29,30).